The molecule has 4 nitrogen and oxygen atoms in total. The molecule has 19 heavy (non-hydrogen) atoms. The molecule has 1 heterocycles. The van der Waals surface area contributed by atoms with Gasteiger partial charge in [-0.1, -0.05) is 27.7 Å². The van der Waals surface area contributed by atoms with Gasteiger partial charge in [0, 0.05) is 12.0 Å². The smallest absolute Gasteiger partial charge is 0.341 e. The maximum absolute atomic E-state index is 11.8. The summed E-state index contributed by atoms with van der Waals surface area (Å²) in [7, 11) is 1.42. The highest BCUT2D eigenvalue weighted by molar-refractivity contribution is 5.90. The minimum absolute atomic E-state index is 0.116. The van der Waals surface area contributed by atoms with Gasteiger partial charge in [-0.15, -0.1) is 0 Å². The van der Waals surface area contributed by atoms with Crippen LogP contribution < -0.4 is 0 Å². The van der Waals surface area contributed by atoms with Gasteiger partial charge in [-0.2, -0.15) is 5.10 Å². The molecule has 0 aliphatic heterocycles. The van der Waals surface area contributed by atoms with Crippen molar-refractivity contribution in [2.75, 3.05) is 7.11 Å². The van der Waals surface area contributed by atoms with Crippen LogP contribution in [0.25, 0.3) is 0 Å². The van der Waals surface area contributed by atoms with Gasteiger partial charge < -0.3 is 4.74 Å². The van der Waals surface area contributed by atoms with Crippen molar-refractivity contribution in [3.8, 4) is 0 Å². The van der Waals surface area contributed by atoms with Crippen molar-refractivity contribution in [2.45, 2.75) is 52.5 Å². The van der Waals surface area contributed by atoms with E-state index in [0.29, 0.717) is 11.5 Å². The minimum atomic E-state index is -0.293. The van der Waals surface area contributed by atoms with Crippen LogP contribution in [-0.2, 0) is 16.7 Å². The van der Waals surface area contributed by atoms with E-state index >= 15 is 0 Å². The summed E-state index contributed by atoms with van der Waals surface area (Å²) in [5, 5.41) is 4.41. The Labute approximate surface area is 115 Å². The van der Waals surface area contributed by atoms with Crippen LogP contribution in [0.4, 0.5) is 0 Å². The van der Waals surface area contributed by atoms with Gasteiger partial charge in [0.05, 0.1) is 19.0 Å². The van der Waals surface area contributed by atoms with E-state index in [4.69, 9.17) is 4.74 Å². The van der Waals surface area contributed by atoms with Crippen LogP contribution in [0.15, 0.2) is 6.20 Å². The first-order chi connectivity index (χ1) is 8.82. The topological polar surface area (TPSA) is 44.1 Å². The predicted octanol–water partition coefficient (Wildman–Crippen LogP) is 3.01. The van der Waals surface area contributed by atoms with Crippen LogP contribution in [-0.4, -0.2) is 22.9 Å². The number of carbonyl (C=O) groups is 1. The van der Waals surface area contributed by atoms with Gasteiger partial charge in [-0.3, -0.25) is 4.68 Å². The summed E-state index contributed by atoms with van der Waals surface area (Å²) in [6, 6.07) is 0. The molecule has 0 bridgehead atoms. The highest BCUT2D eigenvalue weighted by atomic mass is 16.5. The Kier molecular flexibility index (Phi) is 3.70. The number of rotatable bonds is 3. The van der Waals surface area contributed by atoms with Crippen molar-refractivity contribution in [3.05, 3.63) is 17.5 Å². The quantitative estimate of drug-likeness (QED) is 0.788. The molecule has 1 aromatic rings. The van der Waals surface area contributed by atoms with Crippen molar-refractivity contribution in [1.82, 2.24) is 9.78 Å². The van der Waals surface area contributed by atoms with Crippen LogP contribution >= 0.6 is 0 Å². The lowest BCUT2D eigenvalue weighted by Gasteiger charge is -2.34. The second kappa shape index (κ2) is 4.99. The molecule has 0 spiro atoms. The number of hydrogen-bond donors (Lipinski definition) is 0. The highest BCUT2D eigenvalue weighted by Crippen LogP contribution is 2.35. The molecular formula is C15H24N2O2. The number of hydrogen-bond acceptors (Lipinski definition) is 3. The highest BCUT2D eigenvalue weighted by Gasteiger charge is 2.31. The van der Waals surface area contributed by atoms with E-state index in [0.717, 1.165) is 18.2 Å². The molecule has 0 N–H and O–H groups in total. The number of carbonyl (C=O) groups excluding carboxylic acids is 1. The monoisotopic (exact) mass is 264 g/mol. The number of aromatic nitrogens is 2. The lowest BCUT2D eigenvalue weighted by Crippen LogP contribution is -2.29. The summed E-state index contributed by atoms with van der Waals surface area (Å²) in [4.78, 5) is 11.8. The molecule has 1 fully saturated rings. The van der Waals surface area contributed by atoms with E-state index in [1.165, 1.54) is 20.0 Å². The predicted molar refractivity (Wildman–Crippen MR) is 74.2 cm³/mol. The Hall–Kier alpha value is -1.32. The molecular weight excluding hydrogens is 240 g/mol. The van der Waals surface area contributed by atoms with E-state index in [1.807, 2.05) is 4.68 Å². The van der Waals surface area contributed by atoms with Gasteiger partial charge >= 0.3 is 5.97 Å². The molecule has 2 rings (SSSR count). The number of ether oxygens (including phenoxy) is 1. The molecule has 0 aromatic carbocycles. The fraction of sp³-hybridized carbons (Fsp3) is 0.733. The van der Waals surface area contributed by atoms with Crippen LogP contribution in [0, 0.1) is 11.8 Å². The standard InChI is InChI=1S/C15H24N2O2/c1-10-6-11(7-10)9-17-13(15(2,3)4)12(8-16-17)14(18)19-5/h8,10-11H,6-7,9H2,1-5H3. The Balaban J connectivity index is 2.28. The van der Waals surface area contributed by atoms with Crippen LogP contribution in [0.5, 0.6) is 0 Å². The largest absolute Gasteiger partial charge is 0.465 e. The molecule has 106 valence electrons. The molecule has 0 unspecified atom stereocenters. The summed E-state index contributed by atoms with van der Waals surface area (Å²) in [5.41, 5.74) is 1.47. The number of esters is 1. The Morgan fingerprint density at radius 2 is 2.11 bits per heavy atom. The molecule has 0 atom stereocenters. The van der Waals surface area contributed by atoms with E-state index in [-0.39, 0.29) is 11.4 Å². The van der Waals surface area contributed by atoms with E-state index in [2.05, 4.69) is 32.8 Å². The van der Waals surface area contributed by atoms with Crippen molar-refractivity contribution >= 4 is 5.97 Å². The third-order valence-corrected chi connectivity index (χ3v) is 3.86. The van der Waals surface area contributed by atoms with Gasteiger partial charge in [0.2, 0.25) is 0 Å². The summed E-state index contributed by atoms with van der Waals surface area (Å²) in [5.74, 6) is 1.23. The minimum Gasteiger partial charge on any atom is -0.465 e. The molecule has 1 saturated carbocycles. The molecule has 4 heteroatoms. The zero-order valence-electron chi connectivity index (χ0n) is 12.6. The SMILES string of the molecule is COC(=O)c1cnn(CC2CC(C)C2)c1C(C)(C)C. The molecule has 1 aromatic heterocycles. The third-order valence-electron chi connectivity index (χ3n) is 3.86. The Bertz CT molecular complexity index is 465. The van der Waals surface area contributed by atoms with Gasteiger partial charge in [-0.25, -0.2) is 4.79 Å². The van der Waals surface area contributed by atoms with E-state index in [9.17, 15) is 4.79 Å². The summed E-state index contributed by atoms with van der Waals surface area (Å²) in [6.07, 6.45) is 4.17. The maximum atomic E-state index is 11.8. The molecule has 0 saturated heterocycles. The zero-order valence-corrected chi connectivity index (χ0v) is 12.6. The van der Waals surface area contributed by atoms with Crippen LogP contribution in [0.2, 0.25) is 0 Å². The van der Waals surface area contributed by atoms with Crippen LogP contribution in [0.3, 0.4) is 0 Å². The lowest BCUT2D eigenvalue weighted by molar-refractivity contribution is 0.0597. The van der Waals surface area contributed by atoms with Crippen molar-refractivity contribution < 1.29 is 9.53 Å². The molecule has 1 aliphatic rings. The first-order valence-electron chi connectivity index (χ1n) is 6.97. The first-order valence-corrected chi connectivity index (χ1v) is 6.97. The van der Waals surface area contributed by atoms with Crippen molar-refractivity contribution in [2.24, 2.45) is 11.8 Å². The number of nitrogens with zero attached hydrogens (tertiary/aromatic N) is 2. The Morgan fingerprint density at radius 3 is 2.58 bits per heavy atom. The summed E-state index contributed by atoms with van der Waals surface area (Å²) < 4.78 is 6.86. The molecule has 0 amide bonds. The van der Waals surface area contributed by atoms with Crippen molar-refractivity contribution in [1.29, 1.82) is 0 Å². The second-order valence-corrected chi connectivity index (χ2v) is 6.77. The Morgan fingerprint density at radius 1 is 1.47 bits per heavy atom. The summed E-state index contributed by atoms with van der Waals surface area (Å²) in [6.45, 7) is 9.52. The van der Waals surface area contributed by atoms with E-state index in [1.54, 1.807) is 6.20 Å². The summed E-state index contributed by atoms with van der Waals surface area (Å²) >= 11 is 0. The van der Waals surface area contributed by atoms with Gasteiger partial charge in [0.25, 0.3) is 0 Å². The fourth-order valence-corrected chi connectivity index (χ4v) is 3.04. The zero-order chi connectivity index (χ0) is 14.2. The third kappa shape index (κ3) is 2.82. The van der Waals surface area contributed by atoms with Gasteiger partial charge in [0.15, 0.2) is 0 Å². The number of methoxy groups -OCH3 is 1. The van der Waals surface area contributed by atoms with Crippen LogP contribution in [0.1, 0.15) is 56.6 Å². The van der Waals surface area contributed by atoms with E-state index < -0.39 is 0 Å². The average molecular weight is 264 g/mol. The average Bonchev–Trinajstić information content (AvgIpc) is 2.69. The second-order valence-electron chi connectivity index (χ2n) is 6.77. The maximum Gasteiger partial charge on any atom is 0.341 e. The first kappa shape index (κ1) is 14.1. The molecule has 0 radical (unpaired) electrons. The fourth-order valence-electron chi connectivity index (χ4n) is 3.04. The van der Waals surface area contributed by atoms with Gasteiger partial charge in [-0.05, 0) is 24.7 Å². The normalized spacial score (nSPS) is 23.0. The lowest BCUT2D eigenvalue weighted by atomic mass is 9.76. The molecule has 1 aliphatic carbocycles. The van der Waals surface area contributed by atoms with Crippen molar-refractivity contribution in [3.63, 3.8) is 0 Å². The van der Waals surface area contributed by atoms with Gasteiger partial charge in [0.1, 0.15) is 5.56 Å².